The standard InChI is InChI=1S/C11H11N3S/c1-3-8-4-6-9(7-5-8)10-13-14-11(12-2)15-10/h3-7H,1H2,2H3,(H,12,14). The van der Waals surface area contributed by atoms with Crippen molar-refractivity contribution < 1.29 is 0 Å². The van der Waals surface area contributed by atoms with Crippen LogP contribution in [0.1, 0.15) is 5.56 Å². The van der Waals surface area contributed by atoms with Crippen LogP contribution >= 0.6 is 11.3 Å². The van der Waals surface area contributed by atoms with Gasteiger partial charge < -0.3 is 5.32 Å². The van der Waals surface area contributed by atoms with Crippen molar-refractivity contribution in [3.05, 3.63) is 36.4 Å². The summed E-state index contributed by atoms with van der Waals surface area (Å²) in [5.41, 5.74) is 2.19. The van der Waals surface area contributed by atoms with Gasteiger partial charge in [-0.15, -0.1) is 10.2 Å². The molecule has 76 valence electrons. The van der Waals surface area contributed by atoms with E-state index in [4.69, 9.17) is 0 Å². The summed E-state index contributed by atoms with van der Waals surface area (Å²) in [7, 11) is 1.84. The Morgan fingerprint density at radius 2 is 2.00 bits per heavy atom. The third kappa shape index (κ3) is 2.05. The Morgan fingerprint density at radius 3 is 2.53 bits per heavy atom. The van der Waals surface area contributed by atoms with E-state index in [-0.39, 0.29) is 0 Å². The van der Waals surface area contributed by atoms with E-state index < -0.39 is 0 Å². The lowest BCUT2D eigenvalue weighted by molar-refractivity contribution is 1.09. The van der Waals surface area contributed by atoms with Gasteiger partial charge in [0.05, 0.1) is 0 Å². The maximum absolute atomic E-state index is 4.09. The van der Waals surface area contributed by atoms with Gasteiger partial charge in [-0.2, -0.15) is 0 Å². The van der Waals surface area contributed by atoms with Gasteiger partial charge in [0.25, 0.3) is 0 Å². The monoisotopic (exact) mass is 217 g/mol. The molecule has 4 heteroatoms. The van der Waals surface area contributed by atoms with E-state index in [2.05, 4.69) is 22.1 Å². The lowest BCUT2D eigenvalue weighted by Gasteiger charge is -1.95. The number of aromatic nitrogens is 2. The zero-order valence-corrected chi connectivity index (χ0v) is 9.21. The molecule has 0 aliphatic carbocycles. The minimum absolute atomic E-state index is 0.831. The van der Waals surface area contributed by atoms with E-state index in [1.54, 1.807) is 11.3 Å². The maximum atomic E-state index is 4.09. The number of nitrogens with one attached hydrogen (secondary N) is 1. The van der Waals surface area contributed by atoms with E-state index >= 15 is 0 Å². The molecule has 2 rings (SSSR count). The van der Waals surface area contributed by atoms with Crippen LogP contribution in [0.25, 0.3) is 16.6 Å². The summed E-state index contributed by atoms with van der Waals surface area (Å²) in [5, 5.41) is 12.8. The zero-order chi connectivity index (χ0) is 10.7. The molecule has 2 aromatic rings. The topological polar surface area (TPSA) is 37.8 Å². The average molecular weight is 217 g/mol. The zero-order valence-electron chi connectivity index (χ0n) is 8.40. The van der Waals surface area contributed by atoms with Crippen LogP contribution in [0.4, 0.5) is 5.13 Å². The van der Waals surface area contributed by atoms with Crippen LogP contribution in [0, 0.1) is 0 Å². The normalized spacial score (nSPS) is 9.93. The Labute approximate surface area is 92.5 Å². The summed E-state index contributed by atoms with van der Waals surface area (Å²) in [4.78, 5) is 0. The van der Waals surface area contributed by atoms with Crippen LogP contribution < -0.4 is 5.32 Å². The molecule has 0 atom stereocenters. The third-order valence-corrected chi connectivity index (χ3v) is 3.02. The smallest absolute Gasteiger partial charge is 0.205 e. The first-order chi connectivity index (χ1) is 7.33. The van der Waals surface area contributed by atoms with Gasteiger partial charge in [0.1, 0.15) is 5.01 Å². The summed E-state index contributed by atoms with van der Waals surface area (Å²) in [6.45, 7) is 3.72. The van der Waals surface area contributed by atoms with Gasteiger partial charge in [-0.1, -0.05) is 48.3 Å². The largest absolute Gasteiger partial charge is 0.363 e. The SMILES string of the molecule is C=Cc1ccc(-c2nnc(NC)s2)cc1. The predicted octanol–water partition coefficient (Wildman–Crippen LogP) is 2.89. The van der Waals surface area contributed by atoms with Crippen molar-refractivity contribution in [3.63, 3.8) is 0 Å². The van der Waals surface area contributed by atoms with E-state index in [1.165, 1.54) is 0 Å². The van der Waals surface area contributed by atoms with Crippen molar-refractivity contribution >= 4 is 22.5 Å². The molecule has 0 fully saturated rings. The minimum atomic E-state index is 0.831. The molecule has 1 aromatic heterocycles. The molecule has 3 nitrogen and oxygen atoms in total. The summed E-state index contributed by atoms with van der Waals surface area (Å²) in [5.74, 6) is 0. The molecular weight excluding hydrogens is 206 g/mol. The highest BCUT2D eigenvalue weighted by atomic mass is 32.1. The summed E-state index contributed by atoms with van der Waals surface area (Å²) in [6.07, 6.45) is 1.82. The molecule has 0 bridgehead atoms. The number of hydrogen-bond acceptors (Lipinski definition) is 4. The van der Waals surface area contributed by atoms with Crippen molar-refractivity contribution in [3.8, 4) is 10.6 Å². The highest BCUT2D eigenvalue weighted by Gasteiger charge is 2.04. The van der Waals surface area contributed by atoms with Gasteiger partial charge in [-0.05, 0) is 5.56 Å². The molecule has 0 unspecified atom stereocenters. The Bertz CT molecular complexity index is 459. The summed E-state index contributed by atoms with van der Waals surface area (Å²) < 4.78 is 0. The lowest BCUT2D eigenvalue weighted by atomic mass is 10.1. The average Bonchev–Trinajstić information content (AvgIpc) is 2.78. The number of anilines is 1. The molecule has 1 heterocycles. The molecular formula is C11H11N3S. The second-order valence-corrected chi connectivity index (χ2v) is 3.97. The van der Waals surface area contributed by atoms with Gasteiger partial charge in [0, 0.05) is 12.6 Å². The fraction of sp³-hybridized carbons (Fsp3) is 0.0909. The predicted molar refractivity (Wildman–Crippen MR) is 65.0 cm³/mol. The van der Waals surface area contributed by atoms with Gasteiger partial charge in [-0.3, -0.25) is 0 Å². The lowest BCUT2D eigenvalue weighted by Crippen LogP contribution is -1.84. The molecule has 0 amide bonds. The molecule has 1 N–H and O–H groups in total. The second-order valence-electron chi connectivity index (χ2n) is 2.99. The summed E-state index contributed by atoms with van der Waals surface area (Å²) >= 11 is 1.54. The Morgan fingerprint density at radius 1 is 1.27 bits per heavy atom. The van der Waals surface area contributed by atoms with Crippen molar-refractivity contribution in [1.29, 1.82) is 0 Å². The Kier molecular flexibility index (Phi) is 2.78. The van der Waals surface area contributed by atoms with Crippen LogP contribution in [0.5, 0.6) is 0 Å². The van der Waals surface area contributed by atoms with E-state index in [0.717, 1.165) is 21.3 Å². The summed E-state index contributed by atoms with van der Waals surface area (Å²) in [6, 6.07) is 8.08. The Hall–Kier alpha value is -1.68. The molecule has 1 aromatic carbocycles. The quantitative estimate of drug-likeness (QED) is 0.859. The molecule has 0 aliphatic heterocycles. The first-order valence-electron chi connectivity index (χ1n) is 4.57. The fourth-order valence-corrected chi connectivity index (χ4v) is 1.91. The minimum Gasteiger partial charge on any atom is -0.363 e. The van der Waals surface area contributed by atoms with E-state index in [0.29, 0.717) is 0 Å². The van der Waals surface area contributed by atoms with Crippen molar-refractivity contribution in [2.24, 2.45) is 0 Å². The maximum Gasteiger partial charge on any atom is 0.205 e. The van der Waals surface area contributed by atoms with Crippen LogP contribution in [0.3, 0.4) is 0 Å². The van der Waals surface area contributed by atoms with E-state index in [1.807, 2.05) is 37.4 Å². The molecule has 0 aliphatic rings. The number of benzene rings is 1. The van der Waals surface area contributed by atoms with Gasteiger partial charge in [0.15, 0.2) is 0 Å². The highest BCUT2D eigenvalue weighted by Crippen LogP contribution is 2.26. The van der Waals surface area contributed by atoms with Crippen LogP contribution in [-0.2, 0) is 0 Å². The number of rotatable bonds is 3. The van der Waals surface area contributed by atoms with Crippen LogP contribution in [0.2, 0.25) is 0 Å². The number of nitrogens with zero attached hydrogens (tertiary/aromatic N) is 2. The molecule has 0 saturated heterocycles. The second kappa shape index (κ2) is 4.23. The number of hydrogen-bond donors (Lipinski definition) is 1. The molecule has 0 spiro atoms. The van der Waals surface area contributed by atoms with Crippen LogP contribution in [-0.4, -0.2) is 17.2 Å². The third-order valence-electron chi connectivity index (χ3n) is 2.03. The van der Waals surface area contributed by atoms with Gasteiger partial charge in [0.2, 0.25) is 5.13 Å². The molecule has 15 heavy (non-hydrogen) atoms. The van der Waals surface area contributed by atoms with Gasteiger partial charge in [-0.25, -0.2) is 0 Å². The van der Waals surface area contributed by atoms with Crippen molar-refractivity contribution in [2.75, 3.05) is 12.4 Å². The van der Waals surface area contributed by atoms with E-state index in [9.17, 15) is 0 Å². The highest BCUT2D eigenvalue weighted by molar-refractivity contribution is 7.18. The van der Waals surface area contributed by atoms with Crippen molar-refractivity contribution in [1.82, 2.24) is 10.2 Å². The van der Waals surface area contributed by atoms with Crippen molar-refractivity contribution in [2.45, 2.75) is 0 Å². The first-order valence-corrected chi connectivity index (χ1v) is 5.39. The first kappa shape index (κ1) is 9.86. The van der Waals surface area contributed by atoms with Gasteiger partial charge >= 0.3 is 0 Å². The molecule has 0 saturated carbocycles. The molecule has 0 radical (unpaired) electrons. The fourth-order valence-electron chi connectivity index (χ4n) is 1.20. The van der Waals surface area contributed by atoms with Crippen LogP contribution in [0.15, 0.2) is 30.8 Å². The Balaban J connectivity index is 2.32.